The van der Waals surface area contributed by atoms with Crippen molar-refractivity contribution in [2.24, 2.45) is 0 Å². The van der Waals surface area contributed by atoms with Crippen LogP contribution in [0, 0.1) is 0 Å². The summed E-state index contributed by atoms with van der Waals surface area (Å²) in [4.78, 5) is 25.8. The molecule has 4 rings (SSSR count). The molecule has 1 unspecified atom stereocenters. The Morgan fingerprint density at radius 1 is 1.17 bits per heavy atom. The molecule has 1 aromatic carbocycles. The van der Waals surface area contributed by atoms with Crippen molar-refractivity contribution in [1.82, 2.24) is 14.9 Å². The second-order valence-electron chi connectivity index (χ2n) is 6.61. The van der Waals surface area contributed by atoms with Crippen molar-refractivity contribution in [3.8, 4) is 0 Å². The number of fused-ring (bicyclic) bond motifs is 2. The largest absolute Gasteiger partial charge is 0.311 e. The molecule has 0 N–H and O–H groups in total. The summed E-state index contributed by atoms with van der Waals surface area (Å²) in [5.74, 6) is 0.194. The molecule has 0 spiro atoms. The maximum Gasteiger partial charge on any atom is 0.244 e. The van der Waals surface area contributed by atoms with E-state index in [0.717, 1.165) is 50.3 Å². The summed E-state index contributed by atoms with van der Waals surface area (Å²) >= 11 is 0. The molecule has 1 atom stereocenters. The summed E-state index contributed by atoms with van der Waals surface area (Å²) in [6.45, 7) is 4.43. The number of anilines is 1. The molecule has 2 aliphatic rings. The molecule has 5 nitrogen and oxygen atoms in total. The summed E-state index contributed by atoms with van der Waals surface area (Å²) in [7, 11) is 0. The van der Waals surface area contributed by atoms with E-state index >= 15 is 0 Å². The lowest BCUT2D eigenvalue weighted by molar-refractivity contribution is -0.123. The van der Waals surface area contributed by atoms with Crippen LogP contribution in [-0.4, -0.2) is 39.9 Å². The molecule has 1 aromatic heterocycles. The molecular weight excluding hydrogens is 300 g/mol. The smallest absolute Gasteiger partial charge is 0.244 e. The van der Waals surface area contributed by atoms with Gasteiger partial charge in [0.1, 0.15) is 6.33 Å². The molecule has 0 saturated carbocycles. The number of rotatable bonds is 2. The minimum atomic E-state index is -0.140. The van der Waals surface area contributed by atoms with Gasteiger partial charge in [0.15, 0.2) is 0 Å². The third-order valence-corrected chi connectivity index (χ3v) is 5.18. The van der Waals surface area contributed by atoms with Crippen molar-refractivity contribution in [3.63, 3.8) is 0 Å². The Kier molecular flexibility index (Phi) is 4.02. The second kappa shape index (κ2) is 6.32. The molecule has 0 bridgehead atoms. The fraction of sp³-hybridized carbons (Fsp3) is 0.421. The minimum Gasteiger partial charge on any atom is -0.311 e. The highest BCUT2D eigenvalue weighted by Crippen LogP contribution is 2.28. The summed E-state index contributed by atoms with van der Waals surface area (Å²) in [5, 5.41) is 0. The number of nitrogens with zero attached hydrogens (tertiary/aromatic N) is 4. The first-order valence-corrected chi connectivity index (χ1v) is 8.65. The molecular formula is C19H22N4O. The van der Waals surface area contributed by atoms with Crippen LogP contribution in [0.3, 0.4) is 0 Å². The van der Waals surface area contributed by atoms with Crippen LogP contribution in [0.25, 0.3) is 0 Å². The molecule has 24 heavy (non-hydrogen) atoms. The third-order valence-electron chi connectivity index (χ3n) is 5.18. The highest BCUT2D eigenvalue weighted by molar-refractivity contribution is 5.98. The lowest BCUT2D eigenvalue weighted by atomic mass is 10.00. The second-order valence-corrected chi connectivity index (χ2v) is 6.61. The SMILES string of the molecule is CC(C(=O)N1CCCc2ccccc21)N1CCc2cncnc2C1. The molecule has 3 heterocycles. The fourth-order valence-electron chi connectivity index (χ4n) is 3.75. The molecule has 0 radical (unpaired) electrons. The zero-order valence-electron chi connectivity index (χ0n) is 14.0. The average molecular weight is 322 g/mol. The summed E-state index contributed by atoms with van der Waals surface area (Å²) < 4.78 is 0. The Balaban J connectivity index is 1.54. The monoisotopic (exact) mass is 322 g/mol. The van der Waals surface area contributed by atoms with E-state index < -0.39 is 0 Å². The normalized spacial score (nSPS) is 18.6. The van der Waals surface area contributed by atoms with Crippen molar-refractivity contribution >= 4 is 11.6 Å². The predicted molar refractivity (Wildman–Crippen MR) is 92.7 cm³/mol. The van der Waals surface area contributed by atoms with E-state index in [1.165, 1.54) is 11.1 Å². The standard InChI is InChI=1S/C19H22N4O/c1-14(22-10-8-16-11-20-13-21-17(16)12-22)19(24)23-9-4-6-15-5-2-3-7-18(15)23/h2-3,5,7,11,13-14H,4,6,8-10,12H2,1H3. The number of para-hydroxylation sites is 1. The van der Waals surface area contributed by atoms with Crippen molar-refractivity contribution in [2.45, 2.75) is 38.8 Å². The number of hydrogen-bond acceptors (Lipinski definition) is 4. The van der Waals surface area contributed by atoms with E-state index in [1.807, 2.05) is 24.1 Å². The van der Waals surface area contributed by atoms with E-state index in [1.54, 1.807) is 6.33 Å². The average Bonchev–Trinajstić information content (AvgIpc) is 2.66. The highest BCUT2D eigenvalue weighted by atomic mass is 16.2. The van der Waals surface area contributed by atoms with E-state index in [2.05, 4.69) is 33.1 Å². The summed E-state index contributed by atoms with van der Waals surface area (Å²) in [6, 6.07) is 8.13. The highest BCUT2D eigenvalue weighted by Gasteiger charge is 2.31. The Morgan fingerprint density at radius 2 is 2.04 bits per heavy atom. The number of amides is 1. The van der Waals surface area contributed by atoms with Crippen molar-refractivity contribution in [2.75, 3.05) is 18.0 Å². The van der Waals surface area contributed by atoms with Gasteiger partial charge in [-0.3, -0.25) is 9.69 Å². The van der Waals surface area contributed by atoms with Gasteiger partial charge in [-0.2, -0.15) is 0 Å². The molecule has 2 aliphatic heterocycles. The number of aromatic nitrogens is 2. The fourth-order valence-corrected chi connectivity index (χ4v) is 3.75. The zero-order chi connectivity index (χ0) is 16.5. The number of aryl methyl sites for hydroxylation is 1. The third kappa shape index (κ3) is 2.69. The van der Waals surface area contributed by atoms with Gasteiger partial charge in [0.25, 0.3) is 0 Å². The molecule has 1 amide bonds. The molecule has 124 valence electrons. The molecule has 5 heteroatoms. The van der Waals surface area contributed by atoms with Gasteiger partial charge in [0, 0.05) is 31.5 Å². The Bertz CT molecular complexity index is 761. The van der Waals surface area contributed by atoms with Crippen LogP contribution < -0.4 is 4.90 Å². The van der Waals surface area contributed by atoms with Gasteiger partial charge in [-0.15, -0.1) is 0 Å². The Hall–Kier alpha value is -2.27. The maximum atomic E-state index is 13.1. The van der Waals surface area contributed by atoms with E-state index in [4.69, 9.17) is 0 Å². The lowest BCUT2D eigenvalue weighted by Gasteiger charge is -2.37. The van der Waals surface area contributed by atoms with Gasteiger partial charge < -0.3 is 4.90 Å². The van der Waals surface area contributed by atoms with E-state index in [-0.39, 0.29) is 11.9 Å². The first-order chi connectivity index (χ1) is 11.7. The van der Waals surface area contributed by atoms with Gasteiger partial charge in [0.05, 0.1) is 11.7 Å². The molecule has 0 aliphatic carbocycles. The number of carbonyl (C=O) groups is 1. The van der Waals surface area contributed by atoms with Crippen molar-refractivity contribution in [1.29, 1.82) is 0 Å². The number of carbonyl (C=O) groups excluding carboxylic acids is 1. The van der Waals surface area contributed by atoms with Gasteiger partial charge in [-0.25, -0.2) is 9.97 Å². The van der Waals surface area contributed by atoms with E-state index in [0.29, 0.717) is 0 Å². The topological polar surface area (TPSA) is 49.3 Å². The summed E-state index contributed by atoms with van der Waals surface area (Å²) in [6.07, 6.45) is 6.49. The lowest BCUT2D eigenvalue weighted by Crippen LogP contribution is -2.50. The van der Waals surface area contributed by atoms with Crippen LogP contribution >= 0.6 is 0 Å². The molecule has 0 saturated heterocycles. The predicted octanol–water partition coefficient (Wildman–Crippen LogP) is 2.20. The van der Waals surface area contributed by atoms with Crippen LogP contribution in [0.1, 0.15) is 30.2 Å². The van der Waals surface area contributed by atoms with Crippen LogP contribution in [-0.2, 0) is 24.2 Å². The number of benzene rings is 1. The van der Waals surface area contributed by atoms with Crippen LogP contribution in [0.15, 0.2) is 36.8 Å². The Morgan fingerprint density at radius 3 is 2.96 bits per heavy atom. The van der Waals surface area contributed by atoms with Gasteiger partial charge in [-0.1, -0.05) is 18.2 Å². The zero-order valence-corrected chi connectivity index (χ0v) is 14.0. The molecule has 0 fully saturated rings. The Labute approximate surface area is 142 Å². The van der Waals surface area contributed by atoms with Crippen molar-refractivity contribution < 1.29 is 4.79 Å². The first-order valence-electron chi connectivity index (χ1n) is 8.65. The first kappa shape index (κ1) is 15.3. The quantitative estimate of drug-likeness (QED) is 0.850. The number of hydrogen-bond donors (Lipinski definition) is 0. The van der Waals surface area contributed by atoms with Gasteiger partial charge >= 0.3 is 0 Å². The van der Waals surface area contributed by atoms with E-state index in [9.17, 15) is 4.79 Å². The summed E-state index contributed by atoms with van der Waals surface area (Å²) in [5.41, 5.74) is 4.62. The van der Waals surface area contributed by atoms with Crippen LogP contribution in [0.2, 0.25) is 0 Å². The van der Waals surface area contributed by atoms with Crippen molar-refractivity contribution in [3.05, 3.63) is 53.6 Å². The van der Waals surface area contributed by atoms with Crippen LogP contribution in [0.5, 0.6) is 0 Å². The van der Waals surface area contributed by atoms with Gasteiger partial charge in [0.2, 0.25) is 5.91 Å². The maximum absolute atomic E-state index is 13.1. The minimum absolute atomic E-state index is 0.140. The molecule has 2 aromatic rings. The van der Waals surface area contributed by atoms with Crippen LogP contribution in [0.4, 0.5) is 5.69 Å². The van der Waals surface area contributed by atoms with Gasteiger partial charge in [-0.05, 0) is 43.4 Å².